The van der Waals surface area contributed by atoms with E-state index in [9.17, 15) is 8.42 Å². The van der Waals surface area contributed by atoms with Crippen molar-refractivity contribution in [1.82, 2.24) is 4.31 Å². The predicted molar refractivity (Wildman–Crippen MR) is 80.5 cm³/mol. The van der Waals surface area contributed by atoms with Crippen LogP contribution in [0.2, 0.25) is 0 Å². The van der Waals surface area contributed by atoms with E-state index in [2.05, 4.69) is 0 Å². The number of rotatable bonds is 5. The minimum absolute atomic E-state index is 0.297. The Morgan fingerprint density at radius 1 is 1.05 bits per heavy atom. The summed E-state index contributed by atoms with van der Waals surface area (Å²) in [7, 11) is -3.41. The number of hydrogen-bond donors (Lipinski definition) is 0. The third-order valence-electron chi connectivity index (χ3n) is 3.80. The molecule has 0 bridgehead atoms. The van der Waals surface area contributed by atoms with Crippen molar-refractivity contribution >= 4 is 10.0 Å². The van der Waals surface area contributed by atoms with Gasteiger partial charge < -0.3 is 14.2 Å². The van der Waals surface area contributed by atoms with Gasteiger partial charge in [0.15, 0.2) is 6.29 Å². The molecule has 0 saturated carbocycles. The summed E-state index contributed by atoms with van der Waals surface area (Å²) in [5.41, 5.74) is 0.932. The van der Waals surface area contributed by atoms with Crippen LogP contribution in [0.15, 0.2) is 30.3 Å². The van der Waals surface area contributed by atoms with Crippen molar-refractivity contribution < 1.29 is 22.6 Å². The Balaban J connectivity index is 1.69. The highest BCUT2D eigenvalue weighted by atomic mass is 32.2. The molecule has 2 fully saturated rings. The van der Waals surface area contributed by atoms with Crippen molar-refractivity contribution in [3.8, 4) is 0 Å². The Labute approximate surface area is 131 Å². The summed E-state index contributed by atoms with van der Waals surface area (Å²) in [4.78, 5) is 0. The van der Waals surface area contributed by atoms with Crippen LogP contribution >= 0.6 is 0 Å². The number of nitrogens with zero attached hydrogens (tertiary/aromatic N) is 1. The SMILES string of the molecule is CC(C)S(=O)(=O)N(C1COC(c2ccccc2)OC1)C1CO1. The summed E-state index contributed by atoms with van der Waals surface area (Å²) < 4.78 is 43.1. The molecule has 7 heteroatoms. The largest absolute Gasteiger partial charge is 0.355 e. The minimum atomic E-state index is -3.41. The molecular weight excluding hydrogens is 306 g/mol. The van der Waals surface area contributed by atoms with Gasteiger partial charge in [0.25, 0.3) is 0 Å². The molecule has 2 heterocycles. The van der Waals surface area contributed by atoms with Gasteiger partial charge >= 0.3 is 0 Å². The van der Waals surface area contributed by atoms with Crippen LogP contribution in [0, 0.1) is 0 Å². The third kappa shape index (κ3) is 3.18. The van der Waals surface area contributed by atoms with Crippen molar-refractivity contribution in [2.24, 2.45) is 0 Å². The molecular formula is C15H21NO5S. The number of epoxide rings is 1. The third-order valence-corrected chi connectivity index (χ3v) is 6.11. The summed E-state index contributed by atoms with van der Waals surface area (Å²) in [5, 5.41) is -0.497. The summed E-state index contributed by atoms with van der Waals surface area (Å²) in [5.74, 6) is 0. The van der Waals surface area contributed by atoms with Gasteiger partial charge in [-0.3, -0.25) is 0 Å². The molecule has 1 unspecified atom stereocenters. The van der Waals surface area contributed by atoms with Gasteiger partial charge in [-0.05, 0) is 13.8 Å². The summed E-state index contributed by atoms with van der Waals surface area (Å²) in [6, 6.07) is 9.27. The highest BCUT2D eigenvalue weighted by Gasteiger charge is 2.46. The van der Waals surface area contributed by atoms with E-state index in [1.54, 1.807) is 13.8 Å². The van der Waals surface area contributed by atoms with E-state index in [0.717, 1.165) is 5.56 Å². The second-order valence-corrected chi connectivity index (χ2v) is 8.17. The molecule has 0 aromatic heterocycles. The zero-order chi connectivity index (χ0) is 15.7. The lowest BCUT2D eigenvalue weighted by Gasteiger charge is -2.36. The van der Waals surface area contributed by atoms with Crippen LogP contribution in [-0.2, 0) is 24.2 Å². The molecule has 0 amide bonds. The second kappa shape index (κ2) is 6.25. The van der Waals surface area contributed by atoms with Gasteiger partial charge in [-0.15, -0.1) is 0 Å². The fourth-order valence-corrected chi connectivity index (χ4v) is 3.96. The first-order valence-electron chi connectivity index (χ1n) is 7.42. The van der Waals surface area contributed by atoms with E-state index in [1.807, 2.05) is 30.3 Å². The summed E-state index contributed by atoms with van der Waals surface area (Å²) >= 11 is 0. The van der Waals surface area contributed by atoms with Gasteiger partial charge in [0.1, 0.15) is 6.23 Å². The van der Waals surface area contributed by atoms with Crippen molar-refractivity contribution in [3.63, 3.8) is 0 Å². The van der Waals surface area contributed by atoms with Gasteiger partial charge in [-0.25, -0.2) is 8.42 Å². The van der Waals surface area contributed by atoms with Crippen LogP contribution in [0.4, 0.5) is 0 Å². The van der Waals surface area contributed by atoms with Crippen LogP contribution in [0.5, 0.6) is 0 Å². The maximum atomic E-state index is 12.5. The maximum Gasteiger partial charge on any atom is 0.219 e. The van der Waals surface area contributed by atoms with Crippen molar-refractivity contribution in [2.75, 3.05) is 19.8 Å². The molecule has 1 aromatic rings. The number of sulfonamides is 1. The monoisotopic (exact) mass is 327 g/mol. The first-order valence-corrected chi connectivity index (χ1v) is 8.92. The molecule has 122 valence electrons. The van der Waals surface area contributed by atoms with E-state index < -0.39 is 21.6 Å². The van der Waals surface area contributed by atoms with Gasteiger partial charge in [0.2, 0.25) is 10.0 Å². The molecule has 1 aromatic carbocycles. The van der Waals surface area contributed by atoms with Crippen LogP contribution < -0.4 is 0 Å². The molecule has 3 rings (SSSR count). The van der Waals surface area contributed by atoms with Gasteiger partial charge in [-0.1, -0.05) is 30.3 Å². The number of ether oxygens (including phenoxy) is 3. The Morgan fingerprint density at radius 2 is 1.64 bits per heavy atom. The maximum absolute atomic E-state index is 12.5. The van der Waals surface area contributed by atoms with E-state index in [1.165, 1.54) is 4.31 Å². The van der Waals surface area contributed by atoms with Crippen LogP contribution in [0.25, 0.3) is 0 Å². The molecule has 2 saturated heterocycles. The highest BCUT2D eigenvalue weighted by molar-refractivity contribution is 7.89. The van der Waals surface area contributed by atoms with E-state index in [0.29, 0.717) is 19.8 Å². The highest BCUT2D eigenvalue weighted by Crippen LogP contribution is 2.30. The molecule has 0 aliphatic carbocycles. The summed E-state index contributed by atoms with van der Waals surface area (Å²) in [6.07, 6.45) is -0.820. The molecule has 1 atom stereocenters. The average molecular weight is 327 g/mol. The van der Waals surface area contributed by atoms with Gasteiger partial charge in [-0.2, -0.15) is 4.31 Å². The molecule has 0 radical (unpaired) electrons. The first-order chi connectivity index (χ1) is 10.5. The quantitative estimate of drug-likeness (QED) is 0.767. The Bertz CT molecular complexity index is 592. The van der Waals surface area contributed by atoms with Crippen molar-refractivity contribution in [1.29, 1.82) is 0 Å². The predicted octanol–water partition coefficient (Wildman–Crippen LogP) is 1.50. The van der Waals surface area contributed by atoms with Gasteiger partial charge in [0.05, 0.1) is 31.1 Å². The molecule has 0 N–H and O–H groups in total. The zero-order valence-corrected chi connectivity index (χ0v) is 13.5. The fourth-order valence-electron chi connectivity index (χ4n) is 2.48. The topological polar surface area (TPSA) is 68.4 Å². The Kier molecular flexibility index (Phi) is 4.52. The fraction of sp³-hybridized carbons (Fsp3) is 0.600. The van der Waals surface area contributed by atoms with Gasteiger partial charge in [0, 0.05) is 5.56 Å². The van der Waals surface area contributed by atoms with Crippen LogP contribution in [-0.4, -0.2) is 50.1 Å². The summed E-state index contributed by atoms with van der Waals surface area (Å²) in [6.45, 7) is 4.37. The number of hydrogen-bond acceptors (Lipinski definition) is 5. The molecule has 2 aliphatic rings. The normalized spacial score (nSPS) is 29.0. The lowest BCUT2D eigenvalue weighted by atomic mass is 10.2. The molecule has 6 nitrogen and oxygen atoms in total. The zero-order valence-electron chi connectivity index (χ0n) is 12.7. The molecule has 22 heavy (non-hydrogen) atoms. The Hall–Kier alpha value is -0.990. The average Bonchev–Trinajstić information content (AvgIpc) is 3.33. The van der Waals surface area contributed by atoms with Crippen molar-refractivity contribution in [3.05, 3.63) is 35.9 Å². The first kappa shape index (κ1) is 15.9. The lowest BCUT2D eigenvalue weighted by Crippen LogP contribution is -2.51. The smallest absolute Gasteiger partial charge is 0.219 e. The lowest BCUT2D eigenvalue weighted by molar-refractivity contribution is -0.204. The number of benzene rings is 1. The van der Waals surface area contributed by atoms with Crippen LogP contribution in [0.3, 0.4) is 0 Å². The molecule has 2 aliphatic heterocycles. The molecule has 0 spiro atoms. The standard InChI is InChI=1S/C15H21NO5S/c1-11(2)22(17,18)16(14-10-19-14)13-8-20-15(21-9-13)12-6-4-3-5-7-12/h3-7,11,13-15H,8-10H2,1-2H3. The van der Waals surface area contributed by atoms with Crippen LogP contribution in [0.1, 0.15) is 25.7 Å². The van der Waals surface area contributed by atoms with E-state index in [4.69, 9.17) is 14.2 Å². The van der Waals surface area contributed by atoms with Crippen molar-refractivity contribution in [2.45, 2.75) is 37.7 Å². The van der Waals surface area contributed by atoms with E-state index >= 15 is 0 Å². The minimum Gasteiger partial charge on any atom is -0.355 e. The Morgan fingerprint density at radius 3 is 2.14 bits per heavy atom. The van der Waals surface area contributed by atoms with E-state index in [-0.39, 0.29) is 12.3 Å². The second-order valence-electron chi connectivity index (χ2n) is 5.77.